The Morgan fingerprint density at radius 1 is 1.25 bits per heavy atom. The van der Waals surface area contributed by atoms with Crippen LogP contribution in [0.4, 0.5) is 8.78 Å². The van der Waals surface area contributed by atoms with Crippen molar-refractivity contribution >= 4 is 0 Å². The molecule has 20 heavy (non-hydrogen) atoms. The van der Waals surface area contributed by atoms with Crippen molar-refractivity contribution in [3.8, 4) is 5.75 Å². The molecule has 0 aliphatic heterocycles. The molecule has 0 amide bonds. The molecule has 0 spiro atoms. The smallest absolute Gasteiger partial charge is 0.191 e. The number of nitrogens with one attached hydrogen (secondary N) is 1. The van der Waals surface area contributed by atoms with Gasteiger partial charge >= 0.3 is 0 Å². The van der Waals surface area contributed by atoms with Crippen LogP contribution in [0.25, 0.3) is 0 Å². The molecule has 4 nitrogen and oxygen atoms in total. The van der Waals surface area contributed by atoms with Crippen molar-refractivity contribution in [2.24, 2.45) is 0 Å². The topological polar surface area (TPSA) is 39.1 Å². The average Bonchev–Trinajstić information content (AvgIpc) is 2.86. The molecule has 0 fully saturated rings. The SMILES string of the molecule is CCn1cc(COc2c(F)cc(CNC)cc2F)cn1. The van der Waals surface area contributed by atoms with Gasteiger partial charge in [0.1, 0.15) is 6.61 Å². The highest BCUT2D eigenvalue weighted by atomic mass is 19.1. The van der Waals surface area contributed by atoms with E-state index in [0.29, 0.717) is 12.1 Å². The first-order valence-electron chi connectivity index (χ1n) is 6.40. The standard InChI is InChI=1S/C14H17F2N3O/c1-3-19-8-11(7-18-19)9-20-14-12(15)4-10(6-17-2)5-13(14)16/h4-5,7-8,17H,3,6,9H2,1-2H3. The van der Waals surface area contributed by atoms with E-state index in [1.54, 1.807) is 24.1 Å². The molecule has 1 heterocycles. The third kappa shape index (κ3) is 3.33. The van der Waals surface area contributed by atoms with E-state index in [1.165, 1.54) is 12.1 Å². The Balaban J connectivity index is 2.09. The largest absolute Gasteiger partial charge is 0.483 e. The molecule has 0 aliphatic rings. The zero-order valence-electron chi connectivity index (χ0n) is 11.5. The van der Waals surface area contributed by atoms with Crippen molar-refractivity contribution in [3.05, 3.63) is 47.3 Å². The molecule has 1 N–H and O–H groups in total. The highest BCUT2D eigenvalue weighted by Crippen LogP contribution is 2.24. The zero-order valence-corrected chi connectivity index (χ0v) is 11.5. The molecule has 1 aromatic carbocycles. The summed E-state index contributed by atoms with van der Waals surface area (Å²) in [5, 5.41) is 6.91. The normalized spacial score (nSPS) is 10.8. The van der Waals surface area contributed by atoms with Crippen molar-refractivity contribution in [3.63, 3.8) is 0 Å². The molecule has 2 aromatic rings. The van der Waals surface area contributed by atoms with E-state index in [2.05, 4.69) is 10.4 Å². The van der Waals surface area contributed by atoms with E-state index in [-0.39, 0.29) is 12.4 Å². The molecular formula is C14H17F2N3O. The van der Waals surface area contributed by atoms with E-state index in [4.69, 9.17) is 4.74 Å². The fourth-order valence-corrected chi connectivity index (χ4v) is 1.87. The van der Waals surface area contributed by atoms with E-state index in [1.807, 2.05) is 6.92 Å². The Morgan fingerprint density at radius 3 is 2.50 bits per heavy atom. The van der Waals surface area contributed by atoms with Gasteiger partial charge in [-0.1, -0.05) is 0 Å². The predicted octanol–water partition coefficient (Wildman–Crippen LogP) is 2.48. The molecule has 108 valence electrons. The molecule has 0 unspecified atom stereocenters. The summed E-state index contributed by atoms with van der Waals surface area (Å²) in [6.07, 6.45) is 3.40. The number of aromatic nitrogens is 2. The monoisotopic (exact) mass is 281 g/mol. The second kappa shape index (κ2) is 6.47. The quantitative estimate of drug-likeness (QED) is 0.884. The Bertz CT molecular complexity index is 561. The summed E-state index contributed by atoms with van der Waals surface area (Å²) < 4.78 is 34.5. The van der Waals surface area contributed by atoms with Crippen LogP contribution in [0, 0.1) is 11.6 Å². The van der Waals surface area contributed by atoms with Gasteiger partial charge in [-0.25, -0.2) is 8.78 Å². The van der Waals surface area contributed by atoms with Gasteiger partial charge in [-0.15, -0.1) is 0 Å². The minimum absolute atomic E-state index is 0.0826. The molecule has 2 rings (SSSR count). The fourth-order valence-electron chi connectivity index (χ4n) is 1.87. The second-order valence-electron chi connectivity index (χ2n) is 4.41. The highest BCUT2D eigenvalue weighted by molar-refractivity contribution is 5.31. The number of ether oxygens (including phenoxy) is 1. The maximum absolute atomic E-state index is 13.8. The number of halogens is 2. The van der Waals surface area contributed by atoms with Crippen molar-refractivity contribution < 1.29 is 13.5 Å². The zero-order chi connectivity index (χ0) is 14.5. The van der Waals surface area contributed by atoms with Gasteiger partial charge in [0.15, 0.2) is 17.4 Å². The lowest BCUT2D eigenvalue weighted by Crippen LogP contribution is -2.07. The number of nitrogens with zero attached hydrogens (tertiary/aromatic N) is 2. The summed E-state index contributed by atoms with van der Waals surface area (Å²) in [6, 6.07) is 2.54. The Kier molecular flexibility index (Phi) is 4.68. The average molecular weight is 281 g/mol. The van der Waals surface area contributed by atoms with Crippen LogP contribution in [0.1, 0.15) is 18.1 Å². The van der Waals surface area contributed by atoms with Crippen molar-refractivity contribution in [1.29, 1.82) is 0 Å². The molecule has 0 saturated heterocycles. The lowest BCUT2D eigenvalue weighted by Gasteiger charge is -2.09. The lowest BCUT2D eigenvalue weighted by atomic mass is 10.2. The molecular weight excluding hydrogens is 264 g/mol. The van der Waals surface area contributed by atoms with Crippen LogP contribution in [0.15, 0.2) is 24.5 Å². The van der Waals surface area contributed by atoms with E-state index in [0.717, 1.165) is 12.1 Å². The molecule has 0 aliphatic carbocycles. The first-order chi connectivity index (χ1) is 9.63. The van der Waals surface area contributed by atoms with Gasteiger partial charge in [0.05, 0.1) is 6.20 Å². The van der Waals surface area contributed by atoms with E-state index < -0.39 is 11.6 Å². The van der Waals surface area contributed by atoms with Gasteiger partial charge in [-0.3, -0.25) is 4.68 Å². The van der Waals surface area contributed by atoms with Gasteiger partial charge in [-0.2, -0.15) is 5.10 Å². The van der Waals surface area contributed by atoms with Crippen molar-refractivity contribution in [1.82, 2.24) is 15.1 Å². The summed E-state index contributed by atoms with van der Waals surface area (Å²) in [7, 11) is 1.71. The molecule has 1 aromatic heterocycles. The number of benzene rings is 1. The minimum atomic E-state index is -0.696. The fraction of sp³-hybridized carbons (Fsp3) is 0.357. The Labute approximate surface area is 116 Å². The number of aryl methyl sites for hydroxylation is 1. The minimum Gasteiger partial charge on any atom is -0.483 e. The van der Waals surface area contributed by atoms with Crippen LogP contribution in [0.5, 0.6) is 5.75 Å². The van der Waals surface area contributed by atoms with Gasteiger partial charge < -0.3 is 10.1 Å². The highest BCUT2D eigenvalue weighted by Gasteiger charge is 2.13. The van der Waals surface area contributed by atoms with Crippen LogP contribution in [-0.4, -0.2) is 16.8 Å². The molecule has 0 saturated carbocycles. The molecule has 0 atom stereocenters. The predicted molar refractivity (Wildman–Crippen MR) is 71.4 cm³/mol. The van der Waals surface area contributed by atoms with E-state index >= 15 is 0 Å². The Morgan fingerprint density at radius 2 is 1.95 bits per heavy atom. The first-order valence-corrected chi connectivity index (χ1v) is 6.40. The Hall–Kier alpha value is -1.95. The number of hydrogen-bond donors (Lipinski definition) is 1. The first kappa shape index (κ1) is 14.5. The second-order valence-corrected chi connectivity index (χ2v) is 4.41. The van der Waals surface area contributed by atoms with Crippen LogP contribution in [-0.2, 0) is 19.7 Å². The number of rotatable bonds is 6. The van der Waals surface area contributed by atoms with Crippen LogP contribution < -0.4 is 10.1 Å². The maximum atomic E-state index is 13.8. The van der Waals surface area contributed by atoms with Gasteiger partial charge in [0, 0.05) is 24.8 Å². The van der Waals surface area contributed by atoms with Crippen molar-refractivity contribution in [2.45, 2.75) is 26.6 Å². The van der Waals surface area contributed by atoms with Crippen LogP contribution >= 0.6 is 0 Å². The third-order valence-electron chi connectivity index (χ3n) is 2.83. The van der Waals surface area contributed by atoms with Gasteiger partial charge in [0.25, 0.3) is 0 Å². The summed E-state index contributed by atoms with van der Waals surface area (Å²) in [5.74, 6) is -1.75. The van der Waals surface area contributed by atoms with Gasteiger partial charge in [0.2, 0.25) is 0 Å². The summed E-state index contributed by atoms with van der Waals surface area (Å²) in [6.45, 7) is 3.18. The molecule has 0 bridgehead atoms. The van der Waals surface area contributed by atoms with Gasteiger partial charge in [-0.05, 0) is 31.7 Å². The summed E-state index contributed by atoms with van der Waals surface area (Å²) in [5.41, 5.74) is 1.30. The summed E-state index contributed by atoms with van der Waals surface area (Å²) in [4.78, 5) is 0. The third-order valence-corrected chi connectivity index (χ3v) is 2.83. The maximum Gasteiger partial charge on any atom is 0.191 e. The van der Waals surface area contributed by atoms with Crippen LogP contribution in [0.2, 0.25) is 0 Å². The molecule has 0 radical (unpaired) electrons. The van der Waals surface area contributed by atoms with Crippen LogP contribution in [0.3, 0.4) is 0 Å². The number of hydrogen-bond acceptors (Lipinski definition) is 3. The summed E-state index contributed by atoms with van der Waals surface area (Å²) >= 11 is 0. The molecule has 6 heteroatoms. The lowest BCUT2D eigenvalue weighted by molar-refractivity contribution is 0.273. The van der Waals surface area contributed by atoms with Crippen molar-refractivity contribution in [2.75, 3.05) is 7.05 Å². The van der Waals surface area contributed by atoms with E-state index in [9.17, 15) is 8.78 Å².